The third-order valence-corrected chi connectivity index (χ3v) is 3.08. The summed E-state index contributed by atoms with van der Waals surface area (Å²) in [5.74, 6) is 0.164. The number of carbonyl (C=O) groups excluding carboxylic acids is 2. The molecular formula is C12H13N3O4S. The highest BCUT2D eigenvalue weighted by Crippen LogP contribution is 2.11. The second-order valence-electron chi connectivity index (χ2n) is 3.81. The third-order valence-electron chi connectivity index (χ3n) is 2.26. The summed E-state index contributed by atoms with van der Waals surface area (Å²) in [6.07, 6.45) is 1.57. The van der Waals surface area contributed by atoms with Gasteiger partial charge in [0.25, 0.3) is 5.91 Å². The Labute approximate surface area is 119 Å². The van der Waals surface area contributed by atoms with E-state index in [1.54, 1.807) is 20.0 Å². The molecule has 0 aliphatic heterocycles. The van der Waals surface area contributed by atoms with Crippen molar-refractivity contribution < 1.29 is 18.7 Å². The molecule has 0 saturated carbocycles. The number of hydrogen-bond donors (Lipinski definition) is 1. The first-order chi connectivity index (χ1) is 9.60. The molecule has 0 aliphatic rings. The lowest BCUT2D eigenvalue weighted by Crippen LogP contribution is -2.23. The van der Waals surface area contributed by atoms with Crippen LogP contribution < -0.4 is 5.32 Å². The minimum absolute atomic E-state index is 0.156. The number of amides is 1. The van der Waals surface area contributed by atoms with Crippen LogP contribution in [0.4, 0.5) is 0 Å². The molecule has 0 atom stereocenters. The van der Waals surface area contributed by atoms with Gasteiger partial charge in [-0.05, 0) is 13.8 Å². The predicted molar refractivity (Wildman–Crippen MR) is 70.5 cm³/mol. The Bertz CT molecular complexity index is 620. The van der Waals surface area contributed by atoms with Gasteiger partial charge in [-0.15, -0.1) is 11.3 Å². The summed E-state index contributed by atoms with van der Waals surface area (Å²) < 4.78 is 10.0. The van der Waals surface area contributed by atoms with E-state index in [2.05, 4.69) is 15.3 Å². The number of thiazole rings is 1. The van der Waals surface area contributed by atoms with Gasteiger partial charge in [0.2, 0.25) is 10.9 Å². The molecular weight excluding hydrogens is 282 g/mol. The van der Waals surface area contributed by atoms with Gasteiger partial charge in [0.1, 0.15) is 11.5 Å². The smallest absolute Gasteiger partial charge is 0.367 e. The Morgan fingerprint density at radius 3 is 2.95 bits per heavy atom. The fourth-order valence-corrected chi connectivity index (χ4v) is 2.08. The van der Waals surface area contributed by atoms with Gasteiger partial charge < -0.3 is 14.5 Å². The molecule has 2 rings (SSSR count). The van der Waals surface area contributed by atoms with E-state index in [-0.39, 0.29) is 23.9 Å². The van der Waals surface area contributed by atoms with Crippen molar-refractivity contribution in [2.75, 3.05) is 6.61 Å². The maximum Gasteiger partial charge on any atom is 0.367 e. The number of nitrogens with one attached hydrogen (secondary N) is 1. The number of nitrogens with zero attached hydrogens (tertiary/aromatic N) is 2. The standard InChI is InChI=1S/C12H13N3O4S/c1-3-18-12(17)11-15-8(6-20-11)10(16)14-5-9-13-4-7(2)19-9/h4,6H,3,5H2,1-2H3,(H,14,16). The number of rotatable bonds is 5. The van der Waals surface area contributed by atoms with Gasteiger partial charge in [-0.25, -0.2) is 14.8 Å². The van der Waals surface area contributed by atoms with Crippen LogP contribution >= 0.6 is 11.3 Å². The molecule has 0 spiro atoms. The number of aromatic nitrogens is 2. The summed E-state index contributed by atoms with van der Waals surface area (Å²) >= 11 is 1.07. The Kier molecular flexibility index (Phi) is 4.46. The second-order valence-corrected chi connectivity index (χ2v) is 4.66. The molecule has 0 unspecified atom stereocenters. The Morgan fingerprint density at radius 1 is 1.50 bits per heavy atom. The molecule has 7 nitrogen and oxygen atoms in total. The molecule has 2 aromatic heterocycles. The van der Waals surface area contributed by atoms with Crippen molar-refractivity contribution in [3.05, 3.63) is 33.9 Å². The van der Waals surface area contributed by atoms with Crippen molar-refractivity contribution in [2.24, 2.45) is 0 Å². The first-order valence-corrected chi connectivity index (χ1v) is 6.80. The fraction of sp³-hybridized carbons (Fsp3) is 0.333. The zero-order chi connectivity index (χ0) is 14.5. The van der Waals surface area contributed by atoms with Crippen molar-refractivity contribution in [2.45, 2.75) is 20.4 Å². The van der Waals surface area contributed by atoms with Gasteiger partial charge in [0.05, 0.1) is 19.3 Å². The van der Waals surface area contributed by atoms with Crippen LogP contribution in [0.5, 0.6) is 0 Å². The van der Waals surface area contributed by atoms with Crippen molar-refractivity contribution in [3.63, 3.8) is 0 Å². The zero-order valence-electron chi connectivity index (χ0n) is 11.0. The van der Waals surface area contributed by atoms with Crippen LogP contribution in [0.3, 0.4) is 0 Å². The lowest BCUT2D eigenvalue weighted by atomic mass is 10.4. The monoisotopic (exact) mass is 295 g/mol. The Hall–Kier alpha value is -2.22. The van der Waals surface area contributed by atoms with Crippen LogP contribution in [-0.4, -0.2) is 28.5 Å². The highest BCUT2D eigenvalue weighted by atomic mass is 32.1. The van der Waals surface area contributed by atoms with Gasteiger partial charge in [-0.3, -0.25) is 4.79 Å². The summed E-state index contributed by atoms with van der Waals surface area (Å²) in [5.41, 5.74) is 0.168. The minimum Gasteiger partial charge on any atom is -0.461 e. The highest BCUT2D eigenvalue weighted by molar-refractivity contribution is 7.11. The van der Waals surface area contributed by atoms with E-state index in [1.807, 2.05) is 0 Å². The molecule has 1 amide bonds. The summed E-state index contributed by atoms with van der Waals surface area (Å²) in [5, 5.41) is 4.27. The summed E-state index contributed by atoms with van der Waals surface area (Å²) in [6, 6.07) is 0. The first-order valence-electron chi connectivity index (χ1n) is 5.92. The van der Waals surface area contributed by atoms with Gasteiger partial charge >= 0.3 is 5.97 Å². The van der Waals surface area contributed by atoms with E-state index in [4.69, 9.17) is 9.15 Å². The maximum atomic E-state index is 11.8. The van der Waals surface area contributed by atoms with E-state index < -0.39 is 11.9 Å². The molecule has 2 heterocycles. The lowest BCUT2D eigenvalue weighted by molar-refractivity contribution is 0.0526. The average molecular weight is 295 g/mol. The van der Waals surface area contributed by atoms with Crippen molar-refractivity contribution in [3.8, 4) is 0 Å². The van der Waals surface area contributed by atoms with E-state index in [0.717, 1.165) is 11.3 Å². The van der Waals surface area contributed by atoms with Gasteiger partial charge in [-0.2, -0.15) is 0 Å². The van der Waals surface area contributed by atoms with Gasteiger partial charge in [-0.1, -0.05) is 0 Å². The predicted octanol–water partition coefficient (Wildman–Crippen LogP) is 1.55. The molecule has 0 aromatic carbocycles. The zero-order valence-corrected chi connectivity index (χ0v) is 11.8. The normalized spacial score (nSPS) is 10.3. The SMILES string of the molecule is CCOC(=O)c1nc(C(=O)NCc2ncc(C)o2)cs1. The van der Waals surface area contributed by atoms with Crippen molar-refractivity contribution in [1.82, 2.24) is 15.3 Å². The van der Waals surface area contributed by atoms with Crippen LogP contribution in [0.1, 0.15) is 38.9 Å². The largest absolute Gasteiger partial charge is 0.461 e. The molecule has 2 aromatic rings. The van der Waals surface area contributed by atoms with Crippen LogP contribution in [0.2, 0.25) is 0 Å². The molecule has 0 saturated heterocycles. The van der Waals surface area contributed by atoms with Crippen molar-refractivity contribution in [1.29, 1.82) is 0 Å². The van der Waals surface area contributed by atoms with Crippen LogP contribution in [0, 0.1) is 6.92 Å². The fourth-order valence-electron chi connectivity index (χ4n) is 1.39. The minimum atomic E-state index is -0.528. The highest BCUT2D eigenvalue weighted by Gasteiger charge is 2.16. The van der Waals surface area contributed by atoms with Crippen LogP contribution in [-0.2, 0) is 11.3 Å². The molecule has 0 radical (unpaired) electrons. The Morgan fingerprint density at radius 2 is 2.30 bits per heavy atom. The molecule has 1 N–H and O–H groups in total. The van der Waals surface area contributed by atoms with E-state index >= 15 is 0 Å². The third kappa shape index (κ3) is 3.41. The molecule has 8 heteroatoms. The number of oxazole rings is 1. The summed E-state index contributed by atoms with van der Waals surface area (Å²) in [7, 11) is 0. The first kappa shape index (κ1) is 14.2. The van der Waals surface area contributed by atoms with Crippen molar-refractivity contribution >= 4 is 23.2 Å². The number of aryl methyl sites for hydroxylation is 1. The van der Waals surface area contributed by atoms with E-state index in [9.17, 15) is 9.59 Å². The number of carbonyl (C=O) groups is 2. The molecule has 0 fully saturated rings. The average Bonchev–Trinajstić information content (AvgIpc) is 3.05. The van der Waals surface area contributed by atoms with Gasteiger partial charge in [0.15, 0.2) is 0 Å². The number of esters is 1. The van der Waals surface area contributed by atoms with E-state index in [1.165, 1.54) is 5.38 Å². The maximum absolute atomic E-state index is 11.8. The summed E-state index contributed by atoms with van der Waals surface area (Å²) in [6.45, 7) is 3.91. The van der Waals surface area contributed by atoms with E-state index in [0.29, 0.717) is 11.7 Å². The lowest BCUT2D eigenvalue weighted by Gasteiger charge is -1.99. The van der Waals surface area contributed by atoms with Crippen LogP contribution in [0.25, 0.3) is 0 Å². The second kappa shape index (κ2) is 6.29. The topological polar surface area (TPSA) is 94.3 Å². The molecule has 0 aliphatic carbocycles. The van der Waals surface area contributed by atoms with Crippen LogP contribution in [0.15, 0.2) is 16.0 Å². The number of ether oxygens (including phenoxy) is 1. The Balaban J connectivity index is 1.94. The molecule has 20 heavy (non-hydrogen) atoms. The van der Waals surface area contributed by atoms with Gasteiger partial charge in [0, 0.05) is 5.38 Å². The molecule has 0 bridgehead atoms. The quantitative estimate of drug-likeness (QED) is 0.841. The molecule has 106 valence electrons. The summed E-state index contributed by atoms with van der Waals surface area (Å²) in [4.78, 5) is 31.2. The number of hydrogen-bond acceptors (Lipinski definition) is 7.